The molecule has 0 fully saturated rings. The normalized spacial score (nSPS) is 10.6. The number of aryl methyl sites for hydroxylation is 1. The maximum atomic E-state index is 11.6. The molecule has 1 aromatic heterocycles. The van der Waals surface area contributed by atoms with E-state index >= 15 is 0 Å². The van der Waals surface area contributed by atoms with Crippen molar-refractivity contribution in [3.05, 3.63) is 57.0 Å². The highest BCUT2D eigenvalue weighted by molar-refractivity contribution is 7.21. The number of hydrogen-bond donors (Lipinski definition) is 1. The van der Waals surface area contributed by atoms with E-state index < -0.39 is 10.9 Å². The number of hydrogen-bond acceptors (Lipinski definition) is 6. The molecule has 1 heterocycles. The molecule has 0 amide bonds. The van der Waals surface area contributed by atoms with Gasteiger partial charge in [0.1, 0.15) is 11.5 Å². The number of non-ortho nitro benzene ring substituents is 1. The van der Waals surface area contributed by atoms with E-state index in [1.165, 1.54) is 31.4 Å². The molecule has 8 heteroatoms. The second-order valence-corrected chi connectivity index (χ2v) is 6.29. The van der Waals surface area contributed by atoms with Gasteiger partial charge in [-0.25, -0.2) is 4.79 Å². The lowest BCUT2D eigenvalue weighted by molar-refractivity contribution is -0.384. The SMILES string of the molecule is COc1cc2c(Oc3ccc([N+](=O)[O-])cc3)c(C(=O)O)sc2cc1C. The number of carbonyl (C=O) groups is 1. The molecule has 0 radical (unpaired) electrons. The first-order chi connectivity index (χ1) is 11.9. The van der Waals surface area contributed by atoms with Crippen molar-refractivity contribution in [3.8, 4) is 17.2 Å². The average Bonchev–Trinajstić information content (AvgIpc) is 2.92. The van der Waals surface area contributed by atoms with E-state index in [-0.39, 0.29) is 16.3 Å². The van der Waals surface area contributed by atoms with Gasteiger partial charge < -0.3 is 14.6 Å². The molecule has 0 aliphatic rings. The van der Waals surface area contributed by atoms with Crippen molar-refractivity contribution in [2.45, 2.75) is 6.92 Å². The van der Waals surface area contributed by atoms with Crippen molar-refractivity contribution >= 4 is 33.1 Å². The third kappa shape index (κ3) is 3.11. The fourth-order valence-electron chi connectivity index (χ4n) is 2.42. The summed E-state index contributed by atoms with van der Waals surface area (Å²) >= 11 is 1.10. The number of nitro groups is 1. The molecule has 128 valence electrons. The zero-order chi connectivity index (χ0) is 18.1. The Labute approximate surface area is 146 Å². The van der Waals surface area contributed by atoms with Gasteiger partial charge in [0.2, 0.25) is 0 Å². The van der Waals surface area contributed by atoms with Crippen LogP contribution in [0.2, 0.25) is 0 Å². The number of fused-ring (bicyclic) bond motifs is 1. The number of nitrogens with zero attached hydrogens (tertiary/aromatic N) is 1. The number of methoxy groups -OCH3 is 1. The minimum Gasteiger partial charge on any atom is -0.496 e. The maximum Gasteiger partial charge on any atom is 0.349 e. The number of ether oxygens (including phenoxy) is 2. The molecule has 0 saturated carbocycles. The summed E-state index contributed by atoms with van der Waals surface area (Å²) < 4.78 is 11.8. The number of carboxylic acids is 1. The first kappa shape index (κ1) is 16.7. The van der Waals surface area contributed by atoms with Crippen molar-refractivity contribution in [3.63, 3.8) is 0 Å². The van der Waals surface area contributed by atoms with Gasteiger partial charge in [-0.05, 0) is 36.8 Å². The van der Waals surface area contributed by atoms with Crippen LogP contribution in [0, 0.1) is 17.0 Å². The highest BCUT2D eigenvalue weighted by Crippen LogP contribution is 2.43. The molecule has 0 spiro atoms. The van der Waals surface area contributed by atoms with Crippen molar-refractivity contribution in [2.24, 2.45) is 0 Å². The molecular formula is C17H13NO6S. The number of benzene rings is 2. The summed E-state index contributed by atoms with van der Waals surface area (Å²) in [4.78, 5) is 21.8. The molecule has 0 saturated heterocycles. The van der Waals surface area contributed by atoms with Crippen molar-refractivity contribution < 1.29 is 24.3 Å². The molecule has 25 heavy (non-hydrogen) atoms. The lowest BCUT2D eigenvalue weighted by Crippen LogP contribution is -1.96. The van der Waals surface area contributed by atoms with Crippen LogP contribution in [0.3, 0.4) is 0 Å². The van der Waals surface area contributed by atoms with Crippen LogP contribution in [0.25, 0.3) is 10.1 Å². The molecule has 7 nitrogen and oxygen atoms in total. The molecule has 3 aromatic rings. The fourth-order valence-corrected chi connectivity index (χ4v) is 3.47. The summed E-state index contributed by atoms with van der Waals surface area (Å²) in [6.07, 6.45) is 0. The van der Waals surface area contributed by atoms with Gasteiger partial charge in [0.05, 0.1) is 12.0 Å². The number of rotatable bonds is 5. The van der Waals surface area contributed by atoms with Crippen LogP contribution < -0.4 is 9.47 Å². The molecule has 1 N–H and O–H groups in total. The third-order valence-electron chi connectivity index (χ3n) is 3.62. The van der Waals surface area contributed by atoms with Gasteiger partial charge in [0.15, 0.2) is 10.6 Å². The Bertz CT molecular complexity index is 977. The van der Waals surface area contributed by atoms with Crippen LogP contribution >= 0.6 is 11.3 Å². The Morgan fingerprint density at radius 3 is 2.48 bits per heavy atom. The quantitative estimate of drug-likeness (QED) is 0.527. The molecule has 3 rings (SSSR count). The summed E-state index contributed by atoms with van der Waals surface area (Å²) in [5, 5.41) is 20.8. The van der Waals surface area contributed by atoms with Gasteiger partial charge in [-0.15, -0.1) is 11.3 Å². The van der Waals surface area contributed by atoms with Gasteiger partial charge >= 0.3 is 5.97 Å². The lowest BCUT2D eigenvalue weighted by atomic mass is 10.1. The largest absolute Gasteiger partial charge is 0.496 e. The molecule has 0 unspecified atom stereocenters. The van der Waals surface area contributed by atoms with Crippen LogP contribution in [-0.4, -0.2) is 23.1 Å². The Morgan fingerprint density at radius 2 is 1.92 bits per heavy atom. The first-order valence-electron chi connectivity index (χ1n) is 7.17. The van der Waals surface area contributed by atoms with Gasteiger partial charge in [-0.2, -0.15) is 0 Å². The van der Waals surface area contributed by atoms with E-state index in [1.54, 1.807) is 6.07 Å². The number of carboxylic acid groups (broad SMARTS) is 1. The van der Waals surface area contributed by atoms with Crippen LogP contribution in [0.1, 0.15) is 15.2 Å². The fraction of sp³-hybridized carbons (Fsp3) is 0.118. The average molecular weight is 359 g/mol. The van der Waals surface area contributed by atoms with Crippen LogP contribution in [0.5, 0.6) is 17.2 Å². The van der Waals surface area contributed by atoms with Gasteiger partial charge in [-0.1, -0.05) is 0 Å². The summed E-state index contributed by atoms with van der Waals surface area (Å²) in [6.45, 7) is 1.87. The summed E-state index contributed by atoms with van der Waals surface area (Å²) in [7, 11) is 1.54. The van der Waals surface area contributed by atoms with Gasteiger partial charge in [-0.3, -0.25) is 10.1 Å². The van der Waals surface area contributed by atoms with E-state index in [9.17, 15) is 20.0 Å². The van der Waals surface area contributed by atoms with Gasteiger partial charge in [0.25, 0.3) is 5.69 Å². The second-order valence-electron chi connectivity index (χ2n) is 5.24. The lowest BCUT2D eigenvalue weighted by Gasteiger charge is -2.08. The van der Waals surface area contributed by atoms with Gasteiger partial charge in [0, 0.05) is 22.2 Å². The van der Waals surface area contributed by atoms with Crippen LogP contribution in [-0.2, 0) is 0 Å². The van der Waals surface area contributed by atoms with Crippen LogP contribution in [0.15, 0.2) is 36.4 Å². The third-order valence-corrected chi connectivity index (χ3v) is 4.74. The topological polar surface area (TPSA) is 98.9 Å². The van der Waals surface area contributed by atoms with Crippen molar-refractivity contribution in [1.29, 1.82) is 0 Å². The van der Waals surface area contributed by atoms with E-state index in [1.807, 2.05) is 13.0 Å². The standard InChI is InChI=1S/C17H13NO6S/c1-9-7-14-12(8-13(9)23-2)15(16(25-14)17(19)20)24-11-5-3-10(4-6-11)18(21)22/h3-8H,1-2H3,(H,19,20). The minimum absolute atomic E-state index is 0.0565. The number of nitro benzene ring substituents is 1. The zero-order valence-corrected chi connectivity index (χ0v) is 14.1. The monoisotopic (exact) mass is 359 g/mol. The predicted octanol–water partition coefficient (Wildman–Crippen LogP) is 4.62. The molecule has 0 aliphatic carbocycles. The van der Waals surface area contributed by atoms with E-state index in [0.717, 1.165) is 21.6 Å². The van der Waals surface area contributed by atoms with E-state index in [0.29, 0.717) is 16.9 Å². The maximum absolute atomic E-state index is 11.6. The number of thiophene rings is 1. The van der Waals surface area contributed by atoms with E-state index in [4.69, 9.17) is 9.47 Å². The minimum atomic E-state index is -1.10. The van der Waals surface area contributed by atoms with Crippen molar-refractivity contribution in [1.82, 2.24) is 0 Å². The zero-order valence-electron chi connectivity index (χ0n) is 13.3. The first-order valence-corrected chi connectivity index (χ1v) is 7.99. The number of aromatic carboxylic acids is 1. The highest BCUT2D eigenvalue weighted by Gasteiger charge is 2.21. The molecular weight excluding hydrogens is 346 g/mol. The summed E-state index contributed by atoms with van der Waals surface area (Å²) in [5.74, 6) is 0.0255. The predicted molar refractivity (Wildman–Crippen MR) is 93.2 cm³/mol. The van der Waals surface area contributed by atoms with E-state index in [2.05, 4.69) is 0 Å². The highest BCUT2D eigenvalue weighted by atomic mass is 32.1. The molecule has 0 atom stereocenters. The smallest absolute Gasteiger partial charge is 0.349 e. The van der Waals surface area contributed by atoms with Crippen LogP contribution in [0.4, 0.5) is 5.69 Å². The molecule has 0 aliphatic heterocycles. The Kier molecular flexibility index (Phi) is 4.28. The summed E-state index contributed by atoms with van der Waals surface area (Å²) in [6, 6.07) is 9.03. The second kappa shape index (κ2) is 6.40. The molecule has 0 bridgehead atoms. The Hall–Kier alpha value is -3.13. The van der Waals surface area contributed by atoms with Crippen molar-refractivity contribution in [2.75, 3.05) is 7.11 Å². The molecule has 2 aromatic carbocycles. The summed E-state index contributed by atoms with van der Waals surface area (Å²) in [5.41, 5.74) is 0.813. The Balaban J connectivity index is 2.11. The Morgan fingerprint density at radius 1 is 1.24 bits per heavy atom.